The number of aryl methyl sites for hydroxylation is 1. The highest BCUT2D eigenvalue weighted by molar-refractivity contribution is 6.05. The summed E-state index contributed by atoms with van der Waals surface area (Å²) in [6, 6.07) is 14.6. The molecule has 1 amide bonds. The smallest absolute Gasteiger partial charge is 0.255 e. The van der Waals surface area contributed by atoms with Gasteiger partial charge in [-0.2, -0.15) is 0 Å². The third-order valence-electron chi connectivity index (χ3n) is 4.08. The van der Waals surface area contributed by atoms with Crippen LogP contribution < -0.4 is 5.32 Å². The fourth-order valence-corrected chi connectivity index (χ4v) is 2.78. The van der Waals surface area contributed by atoms with Gasteiger partial charge >= 0.3 is 0 Å². The number of amides is 1. The Balaban J connectivity index is 1.51. The topological polar surface area (TPSA) is 85.8 Å². The van der Waals surface area contributed by atoms with E-state index in [1.807, 2.05) is 35.0 Å². The summed E-state index contributed by atoms with van der Waals surface area (Å²) < 4.78 is 6.96. The highest BCUT2D eigenvalue weighted by Crippen LogP contribution is 2.21. The summed E-state index contributed by atoms with van der Waals surface area (Å²) in [6.45, 7) is 2.89. The van der Waals surface area contributed by atoms with E-state index in [9.17, 15) is 4.79 Å². The number of hydrogen-bond donors (Lipinski definition) is 1. The van der Waals surface area contributed by atoms with Crippen molar-refractivity contribution in [2.45, 2.75) is 19.9 Å². The molecule has 2 aromatic carbocycles. The first kappa shape index (κ1) is 16.0. The molecule has 7 heteroatoms. The van der Waals surface area contributed by atoms with Crippen LogP contribution in [0.4, 0.5) is 5.69 Å². The normalized spacial score (nSPS) is 11.0. The molecule has 0 atom stereocenters. The summed E-state index contributed by atoms with van der Waals surface area (Å²) in [4.78, 5) is 12.5. The van der Waals surface area contributed by atoms with Crippen LogP contribution in [0.1, 0.15) is 23.7 Å². The molecule has 0 bridgehead atoms. The summed E-state index contributed by atoms with van der Waals surface area (Å²) in [6.07, 6.45) is 2.57. The Kier molecular flexibility index (Phi) is 4.18. The summed E-state index contributed by atoms with van der Waals surface area (Å²) >= 11 is 0. The second kappa shape index (κ2) is 6.79. The van der Waals surface area contributed by atoms with Crippen molar-refractivity contribution in [1.29, 1.82) is 0 Å². The first-order valence-electron chi connectivity index (χ1n) is 8.40. The Labute approximate surface area is 149 Å². The van der Waals surface area contributed by atoms with Gasteiger partial charge in [-0.25, -0.2) is 4.68 Å². The van der Waals surface area contributed by atoms with Crippen LogP contribution in [0.5, 0.6) is 0 Å². The number of nitrogens with zero attached hydrogens (tertiary/aromatic N) is 4. The average molecular weight is 347 g/mol. The zero-order valence-electron chi connectivity index (χ0n) is 14.2. The summed E-state index contributed by atoms with van der Waals surface area (Å²) in [7, 11) is 0. The van der Waals surface area contributed by atoms with Gasteiger partial charge in [0.15, 0.2) is 5.76 Å². The molecule has 0 aliphatic carbocycles. The molecule has 0 aliphatic rings. The lowest BCUT2D eigenvalue weighted by Crippen LogP contribution is -2.11. The largest absolute Gasteiger partial charge is 0.356 e. The van der Waals surface area contributed by atoms with Gasteiger partial charge in [0.2, 0.25) is 0 Å². The standard InChI is InChI=1S/C19H17N5O2/c1-2-11-24-17-8-5-14(12-16(17)22-23-24)19(25)21-15-6-3-13(4-7-15)18-9-10-20-26-18/h3-10,12H,2,11H2,1H3,(H,21,25). The monoisotopic (exact) mass is 347 g/mol. The summed E-state index contributed by atoms with van der Waals surface area (Å²) in [5.74, 6) is 0.493. The van der Waals surface area contributed by atoms with Crippen molar-refractivity contribution in [2.24, 2.45) is 0 Å². The number of carbonyl (C=O) groups excluding carboxylic acids is 1. The lowest BCUT2D eigenvalue weighted by atomic mass is 10.1. The van der Waals surface area contributed by atoms with Crippen LogP contribution in [0.15, 0.2) is 59.3 Å². The van der Waals surface area contributed by atoms with Crippen LogP contribution in [-0.2, 0) is 6.54 Å². The van der Waals surface area contributed by atoms with Crippen LogP contribution in [0, 0.1) is 0 Å². The molecule has 26 heavy (non-hydrogen) atoms. The molecule has 2 aromatic heterocycles. The van der Waals surface area contributed by atoms with E-state index in [1.54, 1.807) is 24.4 Å². The van der Waals surface area contributed by atoms with E-state index in [4.69, 9.17) is 4.52 Å². The molecule has 0 aliphatic heterocycles. The summed E-state index contributed by atoms with van der Waals surface area (Å²) in [5.41, 5.74) is 3.79. The van der Waals surface area contributed by atoms with Crippen LogP contribution in [0.3, 0.4) is 0 Å². The molecular weight excluding hydrogens is 330 g/mol. The van der Waals surface area contributed by atoms with E-state index in [0.29, 0.717) is 22.5 Å². The van der Waals surface area contributed by atoms with Crippen molar-refractivity contribution < 1.29 is 9.32 Å². The fourth-order valence-electron chi connectivity index (χ4n) is 2.78. The van der Waals surface area contributed by atoms with Gasteiger partial charge in [0, 0.05) is 29.4 Å². The molecule has 4 aromatic rings. The summed E-state index contributed by atoms with van der Waals surface area (Å²) in [5, 5.41) is 14.8. The number of fused-ring (bicyclic) bond motifs is 1. The van der Waals surface area contributed by atoms with Gasteiger partial charge in [-0.3, -0.25) is 4.79 Å². The van der Waals surface area contributed by atoms with E-state index >= 15 is 0 Å². The zero-order chi connectivity index (χ0) is 17.9. The lowest BCUT2D eigenvalue weighted by Gasteiger charge is -2.06. The van der Waals surface area contributed by atoms with Gasteiger partial charge < -0.3 is 9.84 Å². The van der Waals surface area contributed by atoms with Gasteiger partial charge in [-0.05, 0) is 48.9 Å². The minimum Gasteiger partial charge on any atom is -0.356 e. The molecule has 0 saturated carbocycles. The second-order valence-electron chi connectivity index (χ2n) is 5.92. The molecule has 4 rings (SSSR count). The van der Waals surface area contributed by atoms with Crippen molar-refractivity contribution in [3.8, 4) is 11.3 Å². The van der Waals surface area contributed by atoms with E-state index in [-0.39, 0.29) is 5.91 Å². The number of nitrogens with one attached hydrogen (secondary N) is 1. The molecule has 7 nitrogen and oxygen atoms in total. The van der Waals surface area contributed by atoms with Gasteiger partial charge in [-0.1, -0.05) is 17.3 Å². The van der Waals surface area contributed by atoms with Crippen molar-refractivity contribution in [1.82, 2.24) is 20.2 Å². The Morgan fingerprint density at radius 1 is 1.15 bits per heavy atom. The maximum Gasteiger partial charge on any atom is 0.255 e. The quantitative estimate of drug-likeness (QED) is 0.594. The maximum atomic E-state index is 12.5. The molecular formula is C19H17N5O2. The Bertz CT molecular complexity index is 1040. The van der Waals surface area contributed by atoms with E-state index in [2.05, 4.69) is 27.7 Å². The van der Waals surface area contributed by atoms with Crippen molar-refractivity contribution in [3.63, 3.8) is 0 Å². The SMILES string of the molecule is CCCn1nnc2cc(C(=O)Nc3ccc(-c4ccno4)cc3)ccc21. The van der Waals surface area contributed by atoms with Crippen LogP contribution in [-0.4, -0.2) is 26.1 Å². The van der Waals surface area contributed by atoms with Crippen LogP contribution in [0.2, 0.25) is 0 Å². The van der Waals surface area contributed by atoms with Crippen molar-refractivity contribution >= 4 is 22.6 Å². The van der Waals surface area contributed by atoms with E-state index in [0.717, 1.165) is 24.0 Å². The number of hydrogen-bond acceptors (Lipinski definition) is 5. The minimum absolute atomic E-state index is 0.190. The molecule has 0 saturated heterocycles. The van der Waals surface area contributed by atoms with Crippen LogP contribution in [0.25, 0.3) is 22.4 Å². The molecule has 0 radical (unpaired) electrons. The molecule has 1 N–H and O–H groups in total. The number of carbonyl (C=O) groups is 1. The van der Waals surface area contributed by atoms with E-state index in [1.165, 1.54) is 0 Å². The first-order valence-corrected chi connectivity index (χ1v) is 8.40. The van der Waals surface area contributed by atoms with Gasteiger partial charge in [0.05, 0.1) is 11.7 Å². The molecule has 0 unspecified atom stereocenters. The third-order valence-corrected chi connectivity index (χ3v) is 4.08. The van der Waals surface area contributed by atoms with Gasteiger partial charge in [0.25, 0.3) is 5.91 Å². The Morgan fingerprint density at radius 3 is 2.73 bits per heavy atom. The van der Waals surface area contributed by atoms with Crippen LogP contribution >= 0.6 is 0 Å². The molecule has 0 fully saturated rings. The van der Waals surface area contributed by atoms with Crippen molar-refractivity contribution in [2.75, 3.05) is 5.32 Å². The highest BCUT2D eigenvalue weighted by atomic mass is 16.5. The second-order valence-corrected chi connectivity index (χ2v) is 5.92. The predicted octanol–water partition coefficient (Wildman–Crippen LogP) is 3.75. The van der Waals surface area contributed by atoms with E-state index < -0.39 is 0 Å². The van der Waals surface area contributed by atoms with Crippen molar-refractivity contribution in [3.05, 3.63) is 60.3 Å². The Morgan fingerprint density at radius 2 is 2.00 bits per heavy atom. The lowest BCUT2D eigenvalue weighted by molar-refractivity contribution is 0.102. The predicted molar refractivity (Wildman–Crippen MR) is 97.7 cm³/mol. The first-order chi connectivity index (χ1) is 12.7. The zero-order valence-corrected chi connectivity index (χ0v) is 14.2. The number of rotatable bonds is 5. The number of aromatic nitrogens is 4. The van der Waals surface area contributed by atoms with Gasteiger partial charge in [-0.15, -0.1) is 5.10 Å². The average Bonchev–Trinajstić information content (AvgIpc) is 3.33. The third kappa shape index (κ3) is 3.06. The molecule has 130 valence electrons. The highest BCUT2D eigenvalue weighted by Gasteiger charge is 2.11. The molecule has 2 heterocycles. The maximum absolute atomic E-state index is 12.5. The number of anilines is 1. The Hall–Kier alpha value is -3.48. The van der Waals surface area contributed by atoms with Gasteiger partial charge in [0.1, 0.15) is 5.52 Å². The minimum atomic E-state index is -0.190. The fraction of sp³-hybridized carbons (Fsp3) is 0.158. The number of benzene rings is 2. The molecule has 0 spiro atoms.